The maximum absolute atomic E-state index is 5.44. The molecule has 5 nitrogen and oxygen atoms in total. The smallest absolute Gasteiger partial charge is 0.193 e. The molecule has 1 N–H and O–H groups in total. The predicted octanol–water partition coefficient (Wildman–Crippen LogP) is 3.38. The van der Waals surface area contributed by atoms with E-state index in [1.807, 2.05) is 12.1 Å². The molecule has 1 aromatic rings. The van der Waals surface area contributed by atoms with E-state index < -0.39 is 0 Å². The fourth-order valence-corrected chi connectivity index (χ4v) is 4.04. The van der Waals surface area contributed by atoms with Gasteiger partial charge in [-0.15, -0.1) is 0 Å². The van der Waals surface area contributed by atoms with Crippen LogP contribution >= 0.6 is 0 Å². The third-order valence-corrected chi connectivity index (χ3v) is 5.56. The average Bonchev–Trinajstić information content (AvgIpc) is 3.34. The second-order valence-electron chi connectivity index (χ2n) is 7.78. The van der Waals surface area contributed by atoms with Crippen molar-refractivity contribution >= 4 is 5.96 Å². The van der Waals surface area contributed by atoms with Crippen molar-refractivity contribution in [2.75, 3.05) is 45.8 Å². The zero-order valence-electron chi connectivity index (χ0n) is 16.5. The van der Waals surface area contributed by atoms with Crippen LogP contribution in [0.4, 0.5) is 0 Å². The van der Waals surface area contributed by atoms with Gasteiger partial charge in [0.15, 0.2) is 5.96 Å². The topological polar surface area (TPSA) is 44.0 Å². The molecule has 0 radical (unpaired) electrons. The summed E-state index contributed by atoms with van der Waals surface area (Å²) in [7, 11) is 0. The van der Waals surface area contributed by atoms with Gasteiger partial charge in [-0.05, 0) is 56.8 Å². The Balaban J connectivity index is 1.48. The van der Waals surface area contributed by atoms with Crippen LogP contribution in [0.25, 0.3) is 0 Å². The van der Waals surface area contributed by atoms with Crippen LogP contribution in [0.3, 0.4) is 0 Å². The SMILES string of the molecule is CCCCN=C(NCCc1ccco1)N1CCC(CN2CCCCC2)C1. The fraction of sp³-hybridized carbons (Fsp3) is 0.762. The molecule has 5 heteroatoms. The van der Waals surface area contributed by atoms with Crippen molar-refractivity contribution in [2.24, 2.45) is 10.9 Å². The standard InChI is InChI=1S/C21H36N4O/c1-2-3-11-22-21(23-12-9-20-8-7-16-26-20)25-15-10-19(18-25)17-24-13-5-4-6-14-24/h7-8,16,19H,2-6,9-15,17-18H2,1H3,(H,22,23). The third kappa shape index (κ3) is 6.04. The number of guanidine groups is 1. The number of furan rings is 1. The molecule has 0 amide bonds. The highest BCUT2D eigenvalue weighted by Gasteiger charge is 2.27. The Morgan fingerprint density at radius 3 is 2.92 bits per heavy atom. The van der Waals surface area contributed by atoms with E-state index >= 15 is 0 Å². The highest BCUT2D eigenvalue weighted by Crippen LogP contribution is 2.20. The fourth-order valence-electron chi connectivity index (χ4n) is 4.04. The summed E-state index contributed by atoms with van der Waals surface area (Å²) in [4.78, 5) is 10.0. The van der Waals surface area contributed by atoms with Gasteiger partial charge in [-0.2, -0.15) is 0 Å². The van der Waals surface area contributed by atoms with E-state index in [1.165, 1.54) is 51.7 Å². The lowest BCUT2D eigenvalue weighted by Crippen LogP contribution is -2.42. The van der Waals surface area contributed by atoms with E-state index in [-0.39, 0.29) is 0 Å². The Bertz CT molecular complexity index is 522. The second kappa shape index (κ2) is 10.6. The number of piperidine rings is 1. The van der Waals surface area contributed by atoms with Gasteiger partial charge < -0.3 is 19.5 Å². The Morgan fingerprint density at radius 2 is 2.15 bits per heavy atom. The van der Waals surface area contributed by atoms with E-state index in [4.69, 9.17) is 9.41 Å². The van der Waals surface area contributed by atoms with Gasteiger partial charge in [0.05, 0.1) is 6.26 Å². The number of hydrogen-bond donors (Lipinski definition) is 1. The van der Waals surface area contributed by atoms with Crippen LogP contribution in [-0.4, -0.2) is 61.6 Å². The molecule has 3 rings (SSSR count). The van der Waals surface area contributed by atoms with Crippen LogP contribution in [0, 0.1) is 5.92 Å². The molecule has 0 spiro atoms. The van der Waals surface area contributed by atoms with Gasteiger partial charge in [0, 0.05) is 39.1 Å². The Kier molecular flexibility index (Phi) is 7.87. The van der Waals surface area contributed by atoms with Crippen molar-refractivity contribution in [3.05, 3.63) is 24.2 Å². The summed E-state index contributed by atoms with van der Waals surface area (Å²) >= 11 is 0. The summed E-state index contributed by atoms with van der Waals surface area (Å²) in [6.45, 7) is 10.2. The summed E-state index contributed by atoms with van der Waals surface area (Å²) < 4.78 is 5.44. The van der Waals surface area contributed by atoms with Crippen LogP contribution in [0.15, 0.2) is 27.8 Å². The first-order valence-corrected chi connectivity index (χ1v) is 10.6. The van der Waals surface area contributed by atoms with E-state index in [9.17, 15) is 0 Å². The van der Waals surface area contributed by atoms with E-state index in [1.54, 1.807) is 6.26 Å². The molecule has 1 aromatic heterocycles. The maximum atomic E-state index is 5.44. The number of rotatable bonds is 8. The zero-order valence-corrected chi connectivity index (χ0v) is 16.5. The van der Waals surface area contributed by atoms with Crippen LogP contribution < -0.4 is 5.32 Å². The normalized spacial score (nSPS) is 22.1. The van der Waals surface area contributed by atoms with E-state index in [2.05, 4.69) is 22.0 Å². The van der Waals surface area contributed by atoms with Crippen molar-refractivity contribution in [3.8, 4) is 0 Å². The highest BCUT2D eigenvalue weighted by molar-refractivity contribution is 5.80. The monoisotopic (exact) mass is 360 g/mol. The number of nitrogens with zero attached hydrogens (tertiary/aromatic N) is 3. The minimum absolute atomic E-state index is 0.788. The molecule has 0 aliphatic carbocycles. The largest absolute Gasteiger partial charge is 0.469 e. The minimum atomic E-state index is 0.788. The number of unbranched alkanes of at least 4 members (excludes halogenated alkanes) is 1. The Hall–Kier alpha value is -1.49. The first-order valence-electron chi connectivity index (χ1n) is 10.6. The molecule has 26 heavy (non-hydrogen) atoms. The second-order valence-corrected chi connectivity index (χ2v) is 7.78. The average molecular weight is 361 g/mol. The lowest BCUT2D eigenvalue weighted by atomic mass is 10.1. The Morgan fingerprint density at radius 1 is 1.27 bits per heavy atom. The van der Waals surface area contributed by atoms with E-state index in [0.29, 0.717) is 0 Å². The quantitative estimate of drug-likeness (QED) is 0.438. The molecular formula is C21H36N4O. The number of nitrogens with one attached hydrogen (secondary N) is 1. The first kappa shape index (κ1) is 19.3. The molecule has 2 saturated heterocycles. The van der Waals surface area contributed by atoms with Crippen molar-refractivity contribution in [3.63, 3.8) is 0 Å². The number of aliphatic imine (C=N–C) groups is 1. The van der Waals surface area contributed by atoms with Crippen molar-refractivity contribution < 1.29 is 4.42 Å². The van der Waals surface area contributed by atoms with Crippen molar-refractivity contribution in [1.82, 2.24) is 15.1 Å². The predicted molar refractivity (Wildman–Crippen MR) is 108 cm³/mol. The lowest BCUT2D eigenvalue weighted by molar-refractivity contribution is 0.198. The molecule has 2 fully saturated rings. The lowest BCUT2D eigenvalue weighted by Gasteiger charge is -2.29. The molecule has 2 aliphatic heterocycles. The highest BCUT2D eigenvalue weighted by atomic mass is 16.3. The van der Waals surface area contributed by atoms with Gasteiger partial charge in [-0.25, -0.2) is 0 Å². The van der Waals surface area contributed by atoms with Crippen LogP contribution in [-0.2, 0) is 6.42 Å². The summed E-state index contributed by atoms with van der Waals surface area (Å²) in [6.07, 6.45) is 10.5. The van der Waals surface area contributed by atoms with Gasteiger partial charge >= 0.3 is 0 Å². The first-order chi connectivity index (χ1) is 12.8. The van der Waals surface area contributed by atoms with Gasteiger partial charge in [0.1, 0.15) is 5.76 Å². The molecule has 146 valence electrons. The van der Waals surface area contributed by atoms with Gasteiger partial charge in [-0.1, -0.05) is 19.8 Å². The number of hydrogen-bond acceptors (Lipinski definition) is 3. The van der Waals surface area contributed by atoms with Gasteiger partial charge in [0.25, 0.3) is 0 Å². The molecule has 1 unspecified atom stereocenters. The molecule has 0 saturated carbocycles. The molecule has 0 aromatic carbocycles. The van der Waals surface area contributed by atoms with Crippen LogP contribution in [0.5, 0.6) is 0 Å². The molecular weight excluding hydrogens is 324 g/mol. The van der Waals surface area contributed by atoms with Crippen LogP contribution in [0.2, 0.25) is 0 Å². The number of likely N-dealkylation sites (tertiary alicyclic amines) is 2. The zero-order chi connectivity index (χ0) is 18.0. The third-order valence-electron chi connectivity index (χ3n) is 5.56. The minimum Gasteiger partial charge on any atom is -0.469 e. The van der Waals surface area contributed by atoms with Gasteiger partial charge in [-0.3, -0.25) is 4.99 Å². The molecule has 0 bridgehead atoms. The Labute approximate surface area is 158 Å². The maximum Gasteiger partial charge on any atom is 0.193 e. The molecule has 3 heterocycles. The molecule has 1 atom stereocenters. The van der Waals surface area contributed by atoms with Crippen LogP contribution in [0.1, 0.15) is 51.2 Å². The molecule has 2 aliphatic rings. The van der Waals surface area contributed by atoms with E-state index in [0.717, 1.165) is 56.7 Å². The van der Waals surface area contributed by atoms with Gasteiger partial charge in [0.2, 0.25) is 0 Å². The summed E-state index contributed by atoms with van der Waals surface area (Å²) in [5, 5.41) is 3.59. The summed E-state index contributed by atoms with van der Waals surface area (Å²) in [6, 6.07) is 4.00. The summed E-state index contributed by atoms with van der Waals surface area (Å²) in [5.74, 6) is 2.93. The summed E-state index contributed by atoms with van der Waals surface area (Å²) in [5.41, 5.74) is 0. The van der Waals surface area contributed by atoms with Crippen molar-refractivity contribution in [1.29, 1.82) is 0 Å². The van der Waals surface area contributed by atoms with Crippen molar-refractivity contribution in [2.45, 2.75) is 51.9 Å².